The number of halogens is 2. The maximum atomic E-state index is 13.9. The zero-order valence-corrected chi connectivity index (χ0v) is 10.3. The summed E-state index contributed by atoms with van der Waals surface area (Å²) < 4.78 is 13.9. The molecule has 1 aliphatic heterocycles. The maximum Gasteiger partial charge on any atom is 0.146 e. The van der Waals surface area contributed by atoms with E-state index in [1.807, 2.05) is 12.1 Å². The van der Waals surface area contributed by atoms with Crippen LogP contribution in [-0.2, 0) is 5.88 Å². The molecule has 88 valence electrons. The van der Waals surface area contributed by atoms with Crippen molar-refractivity contribution in [2.24, 2.45) is 0 Å². The maximum absolute atomic E-state index is 13.9. The minimum atomic E-state index is -0.140. The van der Waals surface area contributed by atoms with Crippen molar-refractivity contribution in [3.63, 3.8) is 0 Å². The lowest BCUT2D eigenvalue weighted by Crippen LogP contribution is -2.29. The van der Waals surface area contributed by atoms with Crippen LogP contribution in [0.5, 0.6) is 0 Å². The number of hydrogen-bond donors (Lipinski definition) is 0. The van der Waals surface area contributed by atoms with Crippen molar-refractivity contribution in [3.8, 4) is 0 Å². The van der Waals surface area contributed by atoms with Crippen LogP contribution < -0.4 is 4.90 Å². The fourth-order valence-corrected chi connectivity index (χ4v) is 2.61. The summed E-state index contributed by atoms with van der Waals surface area (Å²) in [7, 11) is 0. The smallest absolute Gasteiger partial charge is 0.146 e. The molecule has 1 heterocycles. The Morgan fingerprint density at radius 1 is 1.50 bits per heavy atom. The van der Waals surface area contributed by atoms with Gasteiger partial charge in [-0.25, -0.2) is 4.39 Å². The van der Waals surface area contributed by atoms with E-state index in [4.69, 9.17) is 11.6 Å². The van der Waals surface area contributed by atoms with E-state index in [1.165, 1.54) is 6.42 Å². The Balaban J connectivity index is 2.26. The predicted octanol–water partition coefficient (Wildman–Crippen LogP) is 3.94. The van der Waals surface area contributed by atoms with E-state index >= 15 is 0 Å². The van der Waals surface area contributed by atoms with Crippen molar-refractivity contribution in [3.05, 3.63) is 29.6 Å². The first-order valence-electron chi connectivity index (χ1n) is 5.87. The second kappa shape index (κ2) is 5.05. The van der Waals surface area contributed by atoms with Gasteiger partial charge in [0.2, 0.25) is 0 Å². The number of rotatable bonds is 3. The Morgan fingerprint density at radius 2 is 2.31 bits per heavy atom. The van der Waals surface area contributed by atoms with Crippen LogP contribution in [0, 0.1) is 5.82 Å². The molecule has 1 atom stereocenters. The van der Waals surface area contributed by atoms with Gasteiger partial charge in [-0.15, -0.1) is 11.6 Å². The van der Waals surface area contributed by atoms with Crippen molar-refractivity contribution in [2.75, 3.05) is 11.4 Å². The molecule has 0 spiro atoms. The number of alkyl halides is 1. The van der Waals surface area contributed by atoms with Gasteiger partial charge in [-0.1, -0.05) is 13.0 Å². The van der Waals surface area contributed by atoms with Crippen LogP contribution in [-0.4, -0.2) is 12.6 Å². The van der Waals surface area contributed by atoms with Crippen molar-refractivity contribution in [1.82, 2.24) is 0 Å². The number of nitrogens with zero attached hydrogens (tertiary/aromatic N) is 1. The van der Waals surface area contributed by atoms with E-state index in [0.29, 0.717) is 11.9 Å². The Labute approximate surface area is 101 Å². The van der Waals surface area contributed by atoms with E-state index in [1.54, 1.807) is 6.07 Å². The lowest BCUT2D eigenvalue weighted by atomic mass is 10.1. The van der Waals surface area contributed by atoms with Gasteiger partial charge in [0.05, 0.1) is 5.69 Å². The molecule has 1 saturated heterocycles. The molecule has 0 amide bonds. The first-order chi connectivity index (χ1) is 7.76. The summed E-state index contributed by atoms with van der Waals surface area (Å²) in [5.41, 5.74) is 1.58. The summed E-state index contributed by atoms with van der Waals surface area (Å²) in [6.45, 7) is 3.13. The molecule has 0 bridgehead atoms. The summed E-state index contributed by atoms with van der Waals surface area (Å²) in [6, 6.07) is 5.82. The van der Waals surface area contributed by atoms with Gasteiger partial charge in [-0.05, 0) is 37.0 Å². The summed E-state index contributed by atoms with van der Waals surface area (Å²) >= 11 is 5.69. The molecule has 1 aromatic rings. The molecule has 3 heteroatoms. The molecule has 1 unspecified atom stereocenters. The van der Waals surface area contributed by atoms with Gasteiger partial charge in [0, 0.05) is 18.5 Å². The van der Waals surface area contributed by atoms with Crippen LogP contribution in [0.4, 0.5) is 10.1 Å². The van der Waals surface area contributed by atoms with E-state index in [-0.39, 0.29) is 5.82 Å². The molecular weight excluding hydrogens is 225 g/mol. The highest BCUT2D eigenvalue weighted by Gasteiger charge is 2.24. The summed E-state index contributed by atoms with van der Waals surface area (Å²) in [6.07, 6.45) is 3.42. The highest BCUT2D eigenvalue weighted by Crippen LogP contribution is 2.30. The third kappa shape index (κ3) is 2.17. The zero-order chi connectivity index (χ0) is 11.5. The largest absolute Gasteiger partial charge is 0.366 e. The molecule has 2 rings (SSSR count). The Kier molecular flexibility index (Phi) is 3.70. The molecule has 0 N–H and O–H groups in total. The van der Waals surface area contributed by atoms with Gasteiger partial charge in [-0.2, -0.15) is 0 Å². The molecular formula is C13H17ClFN. The average Bonchev–Trinajstić information content (AvgIpc) is 2.76. The fraction of sp³-hybridized carbons (Fsp3) is 0.538. The van der Waals surface area contributed by atoms with Crippen LogP contribution in [0.1, 0.15) is 31.7 Å². The standard InChI is InChI=1S/C13H17ClFN/c1-2-11-4-3-7-16(11)13-6-5-10(9-14)8-12(13)15/h5-6,8,11H,2-4,7,9H2,1H3. The topological polar surface area (TPSA) is 3.24 Å². The lowest BCUT2D eigenvalue weighted by Gasteiger charge is -2.26. The van der Waals surface area contributed by atoms with Gasteiger partial charge < -0.3 is 4.90 Å². The van der Waals surface area contributed by atoms with E-state index in [2.05, 4.69) is 11.8 Å². The normalized spacial score (nSPS) is 20.4. The molecule has 0 saturated carbocycles. The van der Waals surface area contributed by atoms with Crippen molar-refractivity contribution < 1.29 is 4.39 Å². The van der Waals surface area contributed by atoms with Crippen LogP contribution >= 0.6 is 11.6 Å². The number of anilines is 1. The Bertz CT molecular complexity index is 367. The summed E-state index contributed by atoms with van der Waals surface area (Å²) in [4.78, 5) is 2.19. The quantitative estimate of drug-likeness (QED) is 0.725. The van der Waals surface area contributed by atoms with Crippen molar-refractivity contribution in [1.29, 1.82) is 0 Å². The minimum Gasteiger partial charge on any atom is -0.366 e. The van der Waals surface area contributed by atoms with E-state index in [9.17, 15) is 4.39 Å². The molecule has 0 radical (unpaired) electrons. The fourth-order valence-electron chi connectivity index (χ4n) is 2.44. The van der Waals surface area contributed by atoms with Gasteiger partial charge in [0.15, 0.2) is 0 Å². The molecule has 1 nitrogen and oxygen atoms in total. The van der Waals surface area contributed by atoms with Gasteiger partial charge >= 0.3 is 0 Å². The molecule has 0 aliphatic carbocycles. The number of benzene rings is 1. The van der Waals surface area contributed by atoms with Crippen LogP contribution in [0.2, 0.25) is 0 Å². The third-order valence-electron chi connectivity index (χ3n) is 3.32. The minimum absolute atomic E-state index is 0.140. The van der Waals surface area contributed by atoms with Crippen molar-refractivity contribution in [2.45, 2.75) is 38.1 Å². The first kappa shape index (κ1) is 11.7. The van der Waals surface area contributed by atoms with E-state index in [0.717, 1.165) is 30.6 Å². The second-order valence-electron chi connectivity index (χ2n) is 4.32. The number of hydrogen-bond acceptors (Lipinski definition) is 1. The molecule has 1 aromatic carbocycles. The Hall–Kier alpha value is -0.760. The average molecular weight is 242 g/mol. The van der Waals surface area contributed by atoms with Gasteiger partial charge in [0.1, 0.15) is 5.82 Å². The van der Waals surface area contributed by atoms with E-state index < -0.39 is 0 Å². The van der Waals surface area contributed by atoms with Crippen LogP contribution in [0.25, 0.3) is 0 Å². The lowest BCUT2D eigenvalue weighted by molar-refractivity contribution is 0.596. The van der Waals surface area contributed by atoms with Crippen LogP contribution in [0.15, 0.2) is 18.2 Å². The monoisotopic (exact) mass is 241 g/mol. The summed E-state index contributed by atoms with van der Waals surface area (Å²) in [5, 5.41) is 0. The Morgan fingerprint density at radius 3 is 2.94 bits per heavy atom. The predicted molar refractivity (Wildman–Crippen MR) is 66.6 cm³/mol. The zero-order valence-electron chi connectivity index (χ0n) is 9.55. The highest BCUT2D eigenvalue weighted by atomic mass is 35.5. The summed E-state index contributed by atoms with van der Waals surface area (Å²) in [5.74, 6) is 0.229. The van der Waals surface area contributed by atoms with Gasteiger partial charge in [-0.3, -0.25) is 0 Å². The third-order valence-corrected chi connectivity index (χ3v) is 3.63. The molecule has 1 fully saturated rings. The SMILES string of the molecule is CCC1CCCN1c1ccc(CCl)cc1F. The molecule has 0 aromatic heterocycles. The van der Waals surface area contributed by atoms with Gasteiger partial charge in [0.25, 0.3) is 0 Å². The molecule has 1 aliphatic rings. The van der Waals surface area contributed by atoms with Crippen LogP contribution in [0.3, 0.4) is 0 Å². The molecule has 16 heavy (non-hydrogen) atoms. The highest BCUT2D eigenvalue weighted by molar-refractivity contribution is 6.17. The second-order valence-corrected chi connectivity index (χ2v) is 4.58. The van der Waals surface area contributed by atoms with Crippen molar-refractivity contribution >= 4 is 17.3 Å². The first-order valence-corrected chi connectivity index (χ1v) is 6.40.